The van der Waals surface area contributed by atoms with Crippen molar-refractivity contribution in [3.63, 3.8) is 0 Å². The Morgan fingerprint density at radius 2 is 2.06 bits per heavy atom. The highest BCUT2D eigenvalue weighted by Crippen LogP contribution is 2.12. The molecule has 90 valence electrons. The van der Waals surface area contributed by atoms with Crippen molar-refractivity contribution in [1.29, 1.82) is 0 Å². The van der Waals surface area contributed by atoms with Gasteiger partial charge in [0.2, 0.25) is 0 Å². The van der Waals surface area contributed by atoms with Crippen molar-refractivity contribution >= 4 is 0 Å². The summed E-state index contributed by atoms with van der Waals surface area (Å²) in [5.41, 5.74) is 6.63. The number of nitrogens with one attached hydrogen (secondary N) is 1. The van der Waals surface area contributed by atoms with E-state index < -0.39 is 0 Å². The average Bonchev–Trinajstić information content (AvgIpc) is 2.28. The van der Waals surface area contributed by atoms with Crippen LogP contribution in [-0.4, -0.2) is 26.2 Å². The SMILES string of the molecule is Cc1cccc(OCCCNCCCN)c1. The van der Waals surface area contributed by atoms with Gasteiger partial charge >= 0.3 is 0 Å². The molecule has 0 atom stereocenters. The summed E-state index contributed by atoms with van der Waals surface area (Å²) in [6.07, 6.45) is 2.07. The standard InChI is InChI=1S/C13H22N2O/c1-12-5-2-6-13(11-12)16-10-4-9-15-8-3-7-14/h2,5-6,11,15H,3-4,7-10,14H2,1H3. The zero-order valence-corrected chi connectivity index (χ0v) is 10.0. The lowest BCUT2D eigenvalue weighted by Crippen LogP contribution is -2.20. The van der Waals surface area contributed by atoms with E-state index in [9.17, 15) is 0 Å². The van der Waals surface area contributed by atoms with Crippen molar-refractivity contribution in [2.75, 3.05) is 26.2 Å². The number of rotatable bonds is 8. The van der Waals surface area contributed by atoms with E-state index in [2.05, 4.69) is 24.4 Å². The molecule has 0 radical (unpaired) electrons. The Kier molecular flexibility index (Phi) is 6.61. The molecule has 0 bridgehead atoms. The van der Waals surface area contributed by atoms with Gasteiger partial charge < -0.3 is 15.8 Å². The molecule has 1 aromatic carbocycles. The minimum absolute atomic E-state index is 0.757. The van der Waals surface area contributed by atoms with Crippen molar-refractivity contribution in [2.45, 2.75) is 19.8 Å². The van der Waals surface area contributed by atoms with E-state index in [0.717, 1.165) is 44.8 Å². The lowest BCUT2D eigenvalue weighted by atomic mass is 10.2. The van der Waals surface area contributed by atoms with Crippen LogP contribution in [0.25, 0.3) is 0 Å². The third-order valence-electron chi connectivity index (χ3n) is 2.31. The lowest BCUT2D eigenvalue weighted by Gasteiger charge is -2.07. The van der Waals surface area contributed by atoms with Crippen molar-refractivity contribution in [1.82, 2.24) is 5.32 Å². The maximum atomic E-state index is 5.63. The smallest absolute Gasteiger partial charge is 0.119 e. The zero-order valence-electron chi connectivity index (χ0n) is 10.0. The number of aryl methyl sites for hydroxylation is 1. The second-order valence-electron chi connectivity index (χ2n) is 3.91. The molecule has 0 spiro atoms. The van der Waals surface area contributed by atoms with Crippen LogP contribution >= 0.6 is 0 Å². The van der Waals surface area contributed by atoms with Crippen molar-refractivity contribution < 1.29 is 4.74 Å². The van der Waals surface area contributed by atoms with Gasteiger partial charge in [-0.2, -0.15) is 0 Å². The average molecular weight is 222 g/mol. The predicted octanol–water partition coefficient (Wildman–Crippen LogP) is 1.70. The number of hydrogen-bond acceptors (Lipinski definition) is 3. The minimum atomic E-state index is 0.757. The van der Waals surface area contributed by atoms with E-state index >= 15 is 0 Å². The van der Waals surface area contributed by atoms with Crippen LogP contribution in [0, 0.1) is 6.92 Å². The van der Waals surface area contributed by atoms with Crippen LogP contribution in [0.2, 0.25) is 0 Å². The van der Waals surface area contributed by atoms with E-state index in [1.54, 1.807) is 0 Å². The first-order valence-electron chi connectivity index (χ1n) is 5.93. The topological polar surface area (TPSA) is 47.3 Å². The highest BCUT2D eigenvalue weighted by molar-refractivity contribution is 5.27. The molecule has 1 rings (SSSR count). The van der Waals surface area contributed by atoms with Crippen molar-refractivity contribution in [3.8, 4) is 5.75 Å². The molecule has 0 unspecified atom stereocenters. The van der Waals surface area contributed by atoms with Crippen molar-refractivity contribution in [2.24, 2.45) is 5.73 Å². The number of nitrogens with two attached hydrogens (primary N) is 1. The second kappa shape index (κ2) is 8.13. The first-order chi connectivity index (χ1) is 7.83. The maximum absolute atomic E-state index is 5.63. The third kappa shape index (κ3) is 5.73. The zero-order chi connectivity index (χ0) is 11.6. The summed E-state index contributed by atoms with van der Waals surface area (Å²) in [5, 5.41) is 3.32. The van der Waals surface area contributed by atoms with Gasteiger partial charge in [-0.3, -0.25) is 0 Å². The molecule has 1 aromatic rings. The Balaban J connectivity index is 2.03. The quantitative estimate of drug-likeness (QED) is 0.658. The van der Waals surface area contributed by atoms with Crippen LogP contribution in [0.4, 0.5) is 0 Å². The molecule has 0 aliphatic rings. The molecule has 0 fully saturated rings. The number of benzene rings is 1. The van der Waals surface area contributed by atoms with Crippen LogP contribution in [0.1, 0.15) is 18.4 Å². The third-order valence-corrected chi connectivity index (χ3v) is 2.31. The van der Waals surface area contributed by atoms with E-state index in [1.165, 1.54) is 5.56 Å². The van der Waals surface area contributed by atoms with Gasteiger partial charge in [0, 0.05) is 0 Å². The summed E-state index contributed by atoms with van der Waals surface area (Å²) in [4.78, 5) is 0. The van der Waals surface area contributed by atoms with Gasteiger partial charge in [-0.05, 0) is 57.1 Å². The van der Waals surface area contributed by atoms with Crippen LogP contribution in [-0.2, 0) is 0 Å². The Hall–Kier alpha value is -1.06. The van der Waals surface area contributed by atoms with Crippen LogP contribution in [0.5, 0.6) is 5.75 Å². The molecule has 3 N–H and O–H groups in total. The molecular formula is C13H22N2O. The predicted molar refractivity (Wildman–Crippen MR) is 67.8 cm³/mol. The summed E-state index contributed by atoms with van der Waals surface area (Å²) in [7, 11) is 0. The molecule has 3 nitrogen and oxygen atoms in total. The van der Waals surface area contributed by atoms with Gasteiger partial charge in [0.1, 0.15) is 5.75 Å². The van der Waals surface area contributed by atoms with Gasteiger partial charge in [-0.1, -0.05) is 12.1 Å². The summed E-state index contributed by atoms with van der Waals surface area (Å²) in [6.45, 7) is 5.58. The molecule has 0 aliphatic heterocycles. The minimum Gasteiger partial charge on any atom is -0.494 e. The normalized spacial score (nSPS) is 10.4. The highest BCUT2D eigenvalue weighted by atomic mass is 16.5. The summed E-state index contributed by atoms with van der Waals surface area (Å²) in [5.74, 6) is 0.960. The molecule has 0 heterocycles. The summed E-state index contributed by atoms with van der Waals surface area (Å²) >= 11 is 0. The van der Waals surface area contributed by atoms with Crippen molar-refractivity contribution in [3.05, 3.63) is 29.8 Å². The van der Waals surface area contributed by atoms with E-state index in [0.29, 0.717) is 0 Å². The van der Waals surface area contributed by atoms with Gasteiger partial charge in [-0.15, -0.1) is 0 Å². The van der Waals surface area contributed by atoms with E-state index in [1.807, 2.05) is 12.1 Å². The van der Waals surface area contributed by atoms with E-state index in [4.69, 9.17) is 10.5 Å². The molecular weight excluding hydrogens is 200 g/mol. The number of hydrogen-bond donors (Lipinski definition) is 2. The molecule has 0 amide bonds. The van der Waals surface area contributed by atoms with Crippen LogP contribution in [0.15, 0.2) is 24.3 Å². The molecule has 0 aliphatic carbocycles. The maximum Gasteiger partial charge on any atom is 0.119 e. The summed E-state index contributed by atoms with van der Waals surface area (Å²) < 4.78 is 5.63. The first kappa shape index (κ1) is 13.0. The largest absolute Gasteiger partial charge is 0.494 e. The van der Waals surface area contributed by atoms with Gasteiger partial charge in [-0.25, -0.2) is 0 Å². The van der Waals surface area contributed by atoms with Gasteiger partial charge in [0.25, 0.3) is 0 Å². The number of ether oxygens (including phenoxy) is 1. The summed E-state index contributed by atoms with van der Waals surface area (Å²) in [6, 6.07) is 8.14. The van der Waals surface area contributed by atoms with Gasteiger partial charge in [0.05, 0.1) is 6.61 Å². The van der Waals surface area contributed by atoms with Gasteiger partial charge in [0.15, 0.2) is 0 Å². The monoisotopic (exact) mass is 222 g/mol. The fraction of sp³-hybridized carbons (Fsp3) is 0.538. The Morgan fingerprint density at radius 1 is 1.25 bits per heavy atom. The first-order valence-corrected chi connectivity index (χ1v) is 5.93. The van der Waals surface area contributed by atoms with Crippen LogP contribution in [0.3, 0.4) is 0 Å². The molecule has 16 heavy (non-hydrogen) atoms. The fourth-order valence-corrected chi connectivity index (χ4v) is 1.44. The highest BCUT2D eigenvalue weighted by Gasteiger charge is 1.93. The Labute approximate surface area is 98.0 Å². The molecule has 3 heteroatoms. The Bertz CT molecular complexity index is 289. The molecule has 0 saturated carbocycles. The lowest BCUT2D eigenvalue weighted by molar-refractivity contribution is 0.308. The fourth-order valence-electron chi connectivity index (χ4n) is 1.44. The molecule has 0 saturated heterocycles. The Morgan fingerprint density at radius 3 is 2.81 bits per heavy atom. The van der Waals surface area contributed by atoms with Crippen LogP contribution < -0.4 is 15.8 Å². The van der Waals surface area contributed by atoms with E-state index in [-0.39, 0.29) is 0 Å². The molecule has 0 aromatic heterocycles. The second-order valence-corrected chi connectivity index (χ2v) is 3.91.